The van der Waals surface area contributed by atoms with Crippen LogP contribution in [0.25, 0.3) is 0 Å². The van der Waals surface area contributed by atoms with Crippen LogP contribution >= 0.6 is 23.2 Å². The Morgan fingerprint density at radius 2 is 1.76 bits per heavy atom. The van der Waals surface area contributed by atoms with Gasteiger partial charge >= 0.3 is 6.18 Å². The number of anilines is 1. The van der Waals surface area contributed by atoms with Crippen molar-refractivity contribution < 1.29 is 31.1 Å². The summed E-state index contributed by atoms with van der Waals surface area (Å²) in [7, 11) is -3.46. The first-order chi connectivity index (χ1) is 15.9. The second-order valence-corrected chi connectivity index (χ2v) is 9.78. The highest BCUT2D eigenvalue weighted by atomic mass is 35.5. The summed E-state index contributed by atoms with van der Waals surface area (Å²) in [6, 6.07) is 9.69. The lowest BCUT2D eigenvalue weighted by Crippen LogP contribution is -2.34. The van der Waals surface area contributed by atoms with Crippen molar-refractivity contribution in [1.82, 2.24) is 4.98 Å². The van der Waals surface area contributed by atoms with Crippen molar-refractivity contribution in [3.63, 3.8) is 0 Å². The fraction of sp³-hybridized carbons (Fsp3) is 0.182. The number of aromatic nitrogens is 1. The standard InChI is InChI=1S/C22H17Cl2F3N2O4S/c1-13-9-19(20(28-11-13)21(30)15-5-3-4-6-17(15)23)29(12-33-2)34(31,32)14-7-8-18(24)16(10-14)22(25,26)27/h3-11H,12H2,1-2H3. The predicted molar refractivity (Wildman–Crippen MR) is 122 cm³/mol. The molecule has 1 aromatic heterocycles. The molecule has 34 heavy (non-hydrogen) atoms. The molecule has 0 bridgehead atoms. The first-order valence-electron chi connectivity index (χ1n) is 9.52. The highest BCUT2D eigenvalue weighted by Gasteiger charge is 2.36. The van der Waals surface area contributed by atoms with E-state index in [-0.39, 0.29) is 22.0 Å². The molecule has 0 aliphatic rings. The fourth-order valence-corrected chi connectivity index (χ4v) is 4.94. The first-order valence-corrected chi connectivity index (χ1v) is 11.7. The zero-order chi connectivity index (χ0) is 25.3. The Labute approximate surface area is 203 Å². The predicted octanol–water partition coefficient (Wildman–Crippen LogP) is 5.75. The van der Waals surface area contributed by atoms with Gasteiger partial charge in [-0.25, -0.2) is 12.7 Å². The molecule has 1 heterocycles. The van der Waals surface area contributed by atoms with Crippen molar-refractivity contribution >= 4 is 44.7 Å². The number of alkyl halides is 3. The number of pyridine rings is 1. The largest absolute Gasteiger partial charge is 0.417 e. The third kappa shape index (κ3) is 5.20. The molecule has 0 spiro atoms. The van der Waals surface area contributed by atoms with Crippen molar-refractivity contribution in [1.29, 1.82) is 0 Å². The van der Waals surface area contributed by atoms with Gasteiger partial charge in [-0.05, 0) is 48.9 Å². The molecule has 0 N–H and O–H groups in total. The molecule has 3 aromatic rings. The third-order valence-corrected chi connectivity index (χ3v) is 7.08. The minimum Gasteiger partial charge on any atom is -0.363 e. The minimum atomic E-state index is -4.88. The van der Waals surface area contributed by atoms with Gasteiger partial charge in [0.1, 0.15) is 12.4 Å². The Hall–Kier alpha value is -2.66. The van der Waals surface area contributed by atoms with Crippen molar-refractivity contribution in [3.05, 3.63) is 87.2 Å². The van der Waals surface area contributed by atoms with Crippen LogP contribution in [0.2, 0.25) is 10.0 Å². The quantitative estimate of drug-likeness (QED) is 0.286. The van der Waals surface area contributed by atoms with E-state index in [0.29, 0.717) is 15.9 Å². The lowest BCUT2D eigenvalue weighted by Gasteiger charge is -2.26. The fourth-order valence-electron chi connectivity index (χ4n) is 3.09. The Kier molecular flexibility index (Phi) is 7.56. The summed E-state index contributed by atoms with van der Waals surface area (Å²) in [4.78, 5) is 16.6. The smallest absolute Gasteiger partial charge is 0.363 e. The van der Waals surface area contributed by atoms with Crippen molar-refractivity contribution in [2.24, 2.45) is 0 Å². The molecule has 0 radical (unpaired) electrons. The molecule has 180 valence electrons. The topological polar surface area (TPSA) is 76.6 Å². The molecule has 0 aliphatic carbocycles. The summed E-state index contributed by atoms with van der Waals surface area (Å²) < 4.78 is 72.7. The number of benzene rings is 2. The number of hydrogen-bond acceptors (Lipinski definition) is 5. The number of carbonyl (C=O) groups excluding carboxylic acids is 1. The van der Waals surface area contributed by atoms with Crippen molar-refractivity contribution in [3.8, 4) is 0 Å². The molecule has 0 fully saturated rings. The summed E-state index contributed by atoms with van der Waals surface area (Å²) in [5, 5.41) is -0.536. The van der Waals surface area contributed by atoms with E-state index in [9.17, 15) is 26.4 Å². The number of methoxy groups -OCH3 is 1. The second-order valence-electron chi connectivity index (χ2n) is 7.10. The van der Waals surface area contributed by atoms with Crippen LogP contribution < -0.4 is 4.31 Å². The number of hydrogen-bond donors (Lipinski definition) is 0. The number of halogens is 5. The molecule has 0 amide bonds. The molecular formula is C22H17Cl2F3N2O4S. The maximum Gasteiger partial charge on any atom is 0.417 e. The van der Waals surface area contributed by atoms with Gasteiger partial charge in [0.15, 0.2) is 0 Å². The lowest BCUT2D eigenvalue weighted by atomic mass is 10.1. The van der Waals surface area contributed by atoms with E-state index in [0.717, 1.165) is 12.1 Å². The number of carbonyl (C=O) groups is 1. The Morgan fingerprint density at radius 1 is 1.09 bits per heavy atom. The van der Waals surface area contributed by atoms with Gasteiger partial charge < -0.3 is 4.74 Å². The molecule has 0 saturated heterocycles. The second kappa shape index (κ2) is 9.91. The van der Waals surface area contributed by atoms with Crippen molar-refractivity contribution in [2.75, 3.05) is 18.1 Å². The number of aryl methyl sites for hydroxylation is 1. The average molecular weight is 533 g/mol. The zero-order valence-electron chi connectivity index (χ0n) is 17.7. The maximum atomic E-state index is 13.5. The normalized spacial score (nSPS) is 12.0. The number of nitrogens with zero attached hydrogens (tertiary/aromatic N) is 2. The summed E-state index contributed by atoms with van der Waals surface area (Å²) in [6.45, 7) is 1.00. The molecule has 2 aromatic carbocycles. The lowest BCUT2D eigenvalue weighted by molar-refractivity contribution is -0.137. The number of ketones is 1. The number of sulfonamides is 1. The first kappa shape index (κ1) is 26.0. The minimum absolute atomic E-state index is 0.0717. The van der Waals surface area contributed by atoms with Gasteiger partial charge in [0.05, 0.1) is 26.2 Å². The van der Waals surface area contributed by atoms with E-state index in [1.165, 1.54) is 31.5 Å². The van der Waals surface area contributed by atoms with E-state index in [4.69, 9.17) is 27.9 Å². The molecule has 12 heteroatoms. The summed E-state index contributed by atoms with van der Waals surface area (Å²) in [5.41, 5.74) is -1.21. The maximum absolute atomic E-state index is 13.5. The molecule has 6 nitrogen and oxygen atoms in total. The van der Waals surface area contributed by atoms with Gasteiger partial charge in [0, 0.05) is 18.9 Å². The van der Waals surface area contributed by atoms with E-state index in [1.807, 2.05) is 0 Å². The van der Waals surface area contributed by atoms with Crippen LogP contribution in [-0.4, -0.2) is 33.0 Å². The number of rotatable bonds is 7. The SMILES string of the molecule is COCN(c1cc(C)cnc1C(=O)c1ccccc1Cl)S(=O)(=O)c1ccc(Cl)c(C(F)(F)F)c1. The van der Waals surface area contributed by atoms with Gasteiger partial charge in [-0.15, -0.1) is 0 Å². The van der Waals surface area contributed by atoms with Gasteiger partial charge in [-0.2, -0.15) is 13.2 Å². The van der Waals surface area contributed by atoms with Gasteiger partial charge in [-0.3, -0.25) is 9.78 Å². The van der Waals surface area contributed by atoms with Crippen LogP contribution in [0.15, 0.2) is 59.6 Å². The van der Waals surface area contributed by atoms with E-state index >= 15 is 0 Å². The van der Waals surface area contributed by atoms with Crippen LogP contribution in [-0.2, 0) is 20.9 Å². The Morgan fingerprint density at radius 3 is 2.38 bits per heavy atom. The van der Waals surface area contributed by atoms with Crippen LogP contribution in [0.1, 0.15) is 27.2 Å². The van der Waals surface area contributed by atoms with E-state index in [2.05, 4.69) is 4.98 Å². The van der Waals surface area contributed by atoms with Crippen LogP contribution in [0.5, 0.6) is 0 Å². The summed E-state index contributed by atoms with van der Waals surface area (Å²) in [6.07, 6.45) is -3.53. The molecule has 0 aliphatic heterocycles. The average Bonchev–Trinajstić information content (AvgIpc) is 2.76. The van der Waals surface area contributed by atoms with Gasteiger partial charge in [0.25, 0.3) is 10.0 Å². The Bertz CT molecular complexity index is 1350. The van der Waals surface area contributed by atoms with E-state index in [1.54, 1.807) is 19.1 Å². The molecule has 0 saturated carbocycles. The summed E-state index contributed by atoms with van der Waals surface area (Å²) in [5.74, 6) is -0.677. The molecular weight excluding hydrogens is 516 g/mol. The Balaban J connectivity index is 2.21. The number of ether oxygens (including phenoxy) is 1. The van der Waals surface area contributed by atoms with Crippen LogP contribution in [0, 0.1) is 6.92 Å². The molecule has 0 unspecified atom stereocenters. The third-order valence-electron chi connectivity index (χ3n) is 4.68. The van der Waals surface area contributed by atoms with Crippen LogP contribution in [0.4, 0.5) is 18.9 Å². The summed E-state index contributed by atoms with van der Waals surface area (Å²) >= 11 is 11.8. The molecule has 0 atom stereocenters. The highest BCUT2D eigenvalue weighted by molar-refractivity contribution is 7.92. The molecule has 3 rings (SSSR count). The monoisotopic (exact) mass is 532 g/mol. The van der Waals surface area contributed by atoms with Gasteiger partial charge in [0.2, 0.25) is 5.78 Å². The zero-order valence-corrected chi connectivity index (χ0v) is 20.1. The van der Waals surface area contributed by atoms with Crippen molar-refractivity contribution in [2.45, 2.75) is 18.0 Å². The van der Waals surface area contributed by atoms with E-state index < -0.39 is 44.2 Å². The van der Waals surface area contributed by atoms with Gasteiger partial charge in [-0.1, -0.05) is 35.3 Å². The van der Waals surface area contributed by atoms with Crippen LogP contribution in [0.3, 0.4) is 0 Å². The highest BCUT2D eigenvalue weighted by Crippen LogP contribution is 2.37.